The number of aryl methyl sites for hydroxylation is 1. The molecule has 1 atom stereocenters. The third-order valence-corrected chi connectivity index (χ3v) is 3.48. The maximum Gasteiger partial charge on any atom is 0.224 e. The van der Waals surface area contributed by atoms with Crippen LogP contribution >= 0.6 is 46.4 Å². The molecule has 94 valence electrons. The normalized spacial score (nSPS) is 13.2. The van der Waals surface area contributed by atoms with Gasteiger partial charge in [-0.2, -0.15) is 0 Å². The third-order valence-electron chi connectivity index (χ3n) is 2.06. The summed E-state index contributed by atoms with van der Waals surface area (Å²) in [4.78, 5) is 11.5. The predicted molar refractivity (Wildman–Crippen MR) is 72.8 cm³/mol. The Labute approximate surface area is 120 Å². The standard InChI is InChI=1S/C11H11Cl4NO/c12-10(11(13,14)15)16-9(17)7-6-8-4-2-1-3-5-8/h1-5,10H,6-7H2,(H,16,17). The van der Waals surface area contributed by atoms with Crippen molar-refractivity contribution in [2.75, 3.05) is 0 Å². The number of rotatable bonds is 4. The van der Waals surface area contributed by atoms with Gasteiger partial charge in [0.1, 0.15) is 0 Å². The van der Waals surface area contributed by atoms with E-state index in [1.807, 2.05) is 30.3 Å². The van der Waals surface area contributed by atoms with Crippen molar-refractivity contribution in [3.8, 4) is 0 Å². The molecule has 17 heavy (non-hydrogen) atoms. The molecule has 0 fully saturated rings. The summed E-state index contributed by atoms with van der Waals surface area (Å²) in [7, 11) is 0. The fourth-order valence-electron chi connectivity index (χ4n) is 1.20. The number of nitrogens with one attached hydrogen (secondary N) is 1. The monoisotopic (exact) mass is 313 g/mol. The number of alkyl halides is 4. The van der Waals surface area contributed by atoms with E-state index in [9.17, 15) is 4.79 Å². The Morgan fingerprint density at radius 3 is 2.35 bits per heavy atom. The molecule has 1 N–H and O–H groups in total. The highest BCUT2D eigenvalue weighted by Gasteiger charge is 2.31. The molecule has 1 rings (SSSR count). The second-order valence-corrected chi connectivity index (χ2v) is 6.26. The molecule has 0 aliphatic rings. The van der Waals surface area contributed by atoms with Crippen LogP contribution in [0.1, 0.15) is 12.0 Å². The summed E-state index contributed by atoms with van der Waals surface area (Å²) in [6.45, 7) is 0. The Morgan fingerprint density at radius 2 is 1.82 bits per heavy atom. The second kappa shape index (κ2) is 6.69. The maximum atomic E-state index is 11.5. The molecule has 1 aromatic carbocycles. The molecule has 0 radical (unpaired) electrons. The average Bonchev–Trinajstić information content (AvgIpc) is 2.26. The van der Waals surface area contributed by atoms with Crippen molar-refractivity contribution in [2.24, 2.45) is 0 Å². The van der Waals surface area contributed by atoms with Crippen LogP contribution in [0.15, 0.2) is 30.3 Å². The number of carbonyl (C=O) groups is 1. The number of amides is 1. The summed E-state index contributed by atoms with van der Waals surface area (Å²) in [5.74, 6) is -0.250. The molecule has 0 aliphatic heterocycles. The summed E-state index contributed by atoms with van der Waals surface area (Å²) < 4.78 is -1.70. The van der Waals surface area contributed by atoms with Gasteiger partial charge in [0.15, 0.2) is 5.50 Å². The molecule has 1 amide bonds. The van der Waals surface area contributed by atoms with Gasteiger partial charge in [0.25, 0.3) is 0 Å². The molecular formula is C11H11Cl4NO. The Kier molecular flexibility index (Phi) is 5.87. The van der Waals surface area contributed by atoms with Gasteiger partial charge >= 0.3 is 0 Å². The fraction of sp³-hybridized carbons (Fsp3) is 0.364. The second-order valence-electron chi connectivity index (χ2n) is 3.46. The van der Waals surface area contributed by atoms with Crippen LogP contribution in [-0.4, -0.2) is 15.2 Å². The van der Waals surface area contributed by atoms with Crippen molar-refractivity contribution >= 4 is 52.3 Å². The predicted octanol–water partition coefficient (Wildman–Crippen LogP) is 3.67. The Hall–Kier alpha value is -0.150. The van der Waals surface area contributed by atoms with Crippen LogP contribution < -0.4 is 5.32 Å². The zero-order valence-corrected chi connectivity index (χ0v) is 11.8. The van der Waals surface area contributed by atoms with E-state index in [2.05, 4.69) is 5.32 Å². The first-order valence-electron chi connectivity index (χ1n) is 4.93. The highest BCUT2D eigenvalue weighted by atomic mass is 35.6. The van der Waals surface area contributed by atoms with Gasteiger partial charge in [0.05, 0.1) is 0 Å². The van der Waals surface area contributed by atoms with Crippen molar-refractivity contribution in [2.45, 2.75) is 22.1 Å². The van der Waals surface area contributed by atoms with Gasteiger partial charge in [-0.05, 0) is 12.0 Å². The lowest BCUT2D eigenvalue weighted by molar-refractivity contribution is -0.121. The quantitative estimate of drug-likeness (QED) is 0.667. The largest absolute Gasteiger partial charge is 0.336 e. The van der Waals surface area contributed by atoms with Crippen LogP contribution in [-0.2, 0) is 11.2 Å². The first-order valence-corrected chi connectivity index (χ1v) is 6.50. The number of halogens is 4. The van der Waals surface area contributed by atoms with E-state index < -0.39 is 9.29 Å². The van der Waals surface area contributed by atoms with Crippen LogP contribution in [0, 0.1) is 0 Å². The number of hydrogen-bond donors (Lipinski definition) is 1. The molecule has 2 nitrogen and oxygen atoms in total. The van der Waals surface area contributed by atoms with Crippen molar-refractivity contribution in [3.05, 3.63) is 35.9 Å². The topological polar surface area (TPSA) is 29.1 Å². The molecule has 0 saturated carbocycles. The van der Waals surface area contributed by atoms with E-state index in [-0.39, 0.29) is 5.91 Å². The third kappa shape index (κ3) is 5.82. The first kappa shape index (κ1) is 14.9. The van der Waals surface area contributed by atoms with Gasteiger partial charge in [-0.1, -0.05) is 76.7 Å². The first-order chi connectivity index (χ1) is 7.89. The molecule has 0 bridgehead atoms. The molecule has 0 aromatic heterocycles. The van der Waals surface area contributed by atoms with Crippen molar-refractivity contribution in [3.63, 3.8) is 0 Å². The summed E-state index contributed by atoms with van der Waals surface area (Å²) in [6.07, 6.45) is 0.921. The molecule has 1 aromatic rings. The van der Waals surface area contributed by atoms with Crippen molar-refractivity contribution in [1.82, 2.24) is 5.32 Å². The fourth-order valence-corrected chi connectivity index (χ4v) is 1.48. The average molecular weight is 315 g/mol. The Balaban J connectivity index is 2.36. The van der Waals surface area contributed by atoms with E-state index in [0.717, 1.165) is 5.56 Å². The summed E-state index contributed by atoms with van der Waals surface area (Å²) in [5, 5.41) is 2.42. The van der Waals surface area contributed by atoms with Gasteiger partial charge in [-0.3, -0.25) is 4.79 Å². The van der Waals surface area contributed by atoms with E-state index in [0.29, 0.717) is 12.8 Å². The Morgan fingerprint density at radius 1 is 1.24 bits per heavy atom. The van der Waals surface area contributed by atoms with Crippen LogP contribution in [0.2, 0.25) is 0 Å². The lowest BCUT2D eigenvalue weighted by atomic mass is 10.1. The minimum atomic E-state index is -1.70. The van der Waals surface area contributed by atoms with Gasteiger partial charge in [-0.15, -0.1) is 0 Å². The lowest BCUT2D eigenvalue weighted by Gasteiger charge is -2.19. The van der Waals surface area contributed by atoms with E-state index in [1.165, 1.54) is 0 Å². The minimum absolute atomic E-state index is 0.250. The zero-order valence-electron chi connectivity index (χ0n) is 8.80. The van der Waals surface area contributed by atoms with E-state index in [4.69, 9.17) is 46.4 Å². The van der Waals surface area contributed by atoms with Crippen LogP contribution in [0.3, 0.4) is 0 Å². The van der Waals surface area contributed by atoms with Crippen LogP contribution in [0.25, 0.3) is 0 Å². The molecular weight excluding hydrogens is 304 g/mol. The maximum absolute atomic E-state index is 11.5. The van der Waals surface area contributed by atoms with E-state index in [1.54, 1.807) is 0 Å². The summed E-state index contributed by atoms with van der Waals surface area (Å²) >= 11 is 22.3. The SMILES string of the molecule is O=C(CCc1ccccc1)NC(Cl)C(Cl)(Cl)Cl. The molecule has 1 unspecified atom stereocenters. The molecule has 6 heteroatoms. The summed E-state index contributed by atoms with van der Waals surface area (Å²) in [6, 6.07) is 9.64. The zero-order chi connectivity index (χ0) is 12.9. The van der Waals surface area contributed by atoms with Crippen LogP contribution in [0.5, 0.6) is 0 Å². The van der Waals surface area contributed by atoms with Crippen LogP contribution in [0.4, 0.5) is 0 Å². The molecule has 0 heterocycles. The summed E-state index contributed by atoms with van der Waals surface area (Å²) in [5.41, 5.74) is 0.0402. The minimum Gasteiger partial charge on any atom is -0.336 e. The van der Waals surface area contributed by atoms with E-state index >= 15 is 0 Å². The van der Waals surface area contributed by atoms with Gasteiger partial charge in [-0.25, -0.2) is 0 Å². The molecule has 0 saturated heterocycles. The van der Waals surface area contributed by atoms with Gasteiger partial charge in [0, 0.05) is 6.42 Å². The number of hydrogen-bond acceptors (Lipinski definition) is 1. The lowest BCUT2D eigenvalue weighted by Crippen LogP contribution is -2.39. The molecule has 0 aliphatic carbocycles. The van der Waals surface area contributed by atoms with Crippen molar-refractivity contribution < 1.29 is 4.79 Å². The highest BCUT2D eigenvalue weighted by molar-refractivity contribution is 6.70. The highest BCUT2D eigenvalue weighted by Crippen LogP contribution is 2.32. The molecule has 0 spiro atoms. The van der Waals surface area contributed by atoms with Gasteiger partial charge < -0.3 is 5.32 Å². The smallest absolute Gasteiger partial charge is 0.224 e. The number of benzene rings is 1. The number of carbonyl (C=O) groups excluding carboxylic acids is 1. The Bertz CT molecular complexity index is 363. The van der Waals surface area contributed by atoms with Gasteiger partial charge in [0.2, 0.25) is 9.70 Å². The van der Waals surface area contributed by atoms with Crippen molar-refractivity contribution in [1.29, 1.82) is 0 Å².